The molecule has 1 fully saturated rings. The minimum atomic E-state index is 0.389. The van der Waals surface area contributed by atoms with E-state index >= 15 is 0 Å². The first kappa shape index (κ1) is 17.3. The Hall–Kier alpha value is -1.52. The smallest absolute Gasteiger partial charge is 0.128 e. The topological polar surface area (TPSA) is 37.5 Å². The summed E-state index contributed by atoms with van der Waals surface area (Å²) in [5.74, 6) is 1.79. The van der Waals surface area contributed by atoms with Crippen LogP contribution in [0.4, 0.5) is 0 Å². The molecule has 4 nitrogen and oxygen atoms in total. The maximum Gasteiger partial charge on any atom is 0.128 e. The highest BCUT2D eigenvalue weighted by atomic mass is 16.5. The van der Waals surface area contributed by atoms with Crippen molar-refractivity contribution in [2.24, 2.45) is 5.92 Å². The molecule has 2 heterocycles. The van der Waals surface area contributed by atoms with Gasteiger partial charge in [-0.15, -0.1) is 0 Å². The number of ether oxygens (including phenoxy) is 2. The number of H-pyrrole nitrogens is 1. The van der Waals surface area contributed by atoms with Crippen LogP contribution in [0.2, 0.25) is 0 Å². The lowest BCUT2D eigenvalue weighted by Gasteiger charge is -2.32. The Morgan fingerprint density at radius 3 is 2.75 bits per heavy atom. The van der Waals surface area contributed by atoms with Gasteiger partial charge < -0.3 is 19.4 Å². The van der Waals surface area contributed by atoms with Crippen LogP contribution in [0.25, 0.3) is 10.9 Å². The second-order valence-electron chi connectivity index (χ2n) is 7.01. The van der Waals surface area contributed by atoms with Crippen LogP contribution in [0.15, 0.2) is 24.4 Å². The van der Waals surface area contributed by atoms with Gasteiger partial charge in [-0.1, -0.05) is 6.07 Å². The van der Waals surface area contributed by atoms with E-state index < -0.39 is 0 Å². The lowest BCUT2D eigenvalue weighted by atomic mass is 9.91. The molecule has 1 aromatic heterocycles. The number of aromatic amines is 1. The van der Waals surface area contributed by atoms with Crippen molar-refractivity contribution in [1.82, 2.24) is 9.88 Å². The summed E-state index contributed by atoms with van der Waals surface area (Å²) < 4.78 is 10.9. The molecule has 1 saturated heterocycles. The molecule has 132 valence electrons. The minimum absolute atomic E-state index is 0.389. The molecule has 1 aliphatic heterocycles. The van der Waals surface area contributed by atoms with E-state index in [0.717, 1.165) is 30.1 Å². The molecular weight excluding hydrogens is 300 g/mol. The molecule has 4 heteroatoms. The standard InChI is InChI=1S/C20H30N2O2/c1-15(23-2)13-16-7-10-22(11-8-16)12-9-17-14-21-18-5-4-6-19(24-3)20(17)18/h4-6,14-16,21H,7-13H2,1-3H3. The fraction of sp³-hybridized carbons (Fsp3) is 0.600. The molecular formula is C20H30N2O2. The van der Waals surface area contributed by atoms with Gasteiger partial charge in [0.1, 0.15) is 5.75 Å². The van der Waals surface area contributed by atoms with Crippen LogP contribution in [-0.2, 0) is 11.2 Å². The number of likely N-dealkylation sites (tertiary alicyclic amines) is 1. The Kier molecular flexibility index (Phi) is 5.80. The highest BCUT2D eigenvalue weighted by Gasteiger charge is 2.21. The number of aromatic nitrogens is 1. The van der Waals surface area contributed by atoms with Gasteiger partial charge in [-0.3, -0.25) is 0 Å². The van der Waals surface area contributed by atoms with Crippen molar-refractivity contribution < 1.29 is 9.47 Å². The van der Waals surface area contributed by atoms with E-state index in [2.05, 4.69) is 29.1 Å². The summed E-state index contributed by atoms with van der Waals surface area (Å²) in [7, 11) is 3.56. The van der Waals surface area contributed by atoms with Gasteiger partial charge in [0, 0.05) is 30.8 Å². The summed E-state index contributed by atoms with van der Waals surface area (Å²) >= 11 is 0. The summed E-state index contributed by atoms with van der Waals surface area (Å²) in [4.78, 5) is 5.97. The molecule has 0 saturated carbocycles. The summed E-state index contributed by atoms with van der Waals surface area (Å²) in [5.41, 5.74) is 2.52. The van der Waals surface area contributed by atoms with Crippen LogP contribution >= 0.6 is 0 Å². The Bertz CT molecular complexity index is 644. The molecule has 24 heavy (non-hydrogen) atoms. The zero-order valence-corrected chi connectivity index (χ0v) is 15.2. The molecule has 1 N–H and O–H groups in total. The van der Waals surface area contributed by atoms with Crippen molar-refractivity contribution in [1.29, 1.82) is 0 Å². The monoisotopic (exact) mass is 330 g/mol. The van der Waals surface area contributed by atoms with Crippen molar-refractivity contribution in [2.45, 2.75) is 38.7 Å². The molecule has 3 rings (SSSR count). The van der Waals surface area contributed by atoms with E-state index in [1.807, 2.05) is 19.2 Å². The first-order valence-electron chi connectivity index (χ1n) is 9.09. The van der Waals surface area contributed by atoms with Gasteiger partial charge in [0.2, 0.25) is 0 Å². The highest BCUT2D eigenvalue weighted by Crippen LogP contribution is 2.29. The third kappa shape index (κ3) is 3.93. The van der Waals surface area contributed by atoms with Crippen LogP contribution in [0, 0.1) is 5.92 Å². The number of piperidine rings is 1. The third-order valence-corrected chi connectivity index (χ3v) is 5.44. The highest BCUT2D eigenvalue weighted by molar-refractivity contribution is 5.89. The number of methoxy groups -OCH3 is 2. The minimum Gasteiger partial charge on any atom is -0.496 e. The number of nitrogens with zero attached hydrogens (tertiary/aromatic N) is 1. The molecule has 1 atom stereocenters. The van der Waals surface area contributed by atoms with Gasteiger partial charge in [0.05, 0.1) is 13.2 Å². The molecule has 0 radical (unpaired) electrons. The molecule has 0 bridgehead atoms. The predicted octanol–water partition coefficient (Wildman–Crippen LogP) is 3.86. The van der Waals surface area contributed by atoms with Crippen molar-refractivity contribution >= 4 is 10.9 Å². The van der Waals surface area contributed by atoms with Gasteiger partial charge in [0.25, 0.3) is 0 Å². The molecule has 1 aliphatic rings. The van der Waals surface area contributed by atoms with E-state index in [1.54, 1.807) is 7.11 Å². The fourth-order valence-electron chi connectivity index (χ4n) is 3.88. The molecule has 1 aromatic carbocycles. The van der Waals surface area contributed by atoms with Gasteiger partial charge in [-0.25, -0.2) is 0 Å². The van der Waals surface area contributed by atoms with E-state index in [-0.39, 0.29) is 0 Å². The maximum atomic E-state index is 5.53. The number of hydrogen-bond acceptors (Lipinski definition) is 3. The van der Waals surface area contributed by atoms with Crippen LogP contribution < -0.4 is 4.74 Å². The first-order chi connectivity index (χ1) is 11.7. The SMILES string of the molecule is COc1cccc2[nH]cc(CCN3CCC(CC(C)OC)CC3)c12. The van der Waals surface area contributed by atoms with E-state index in [0.29, 0.717) is 6.10 Å². The van der Waals surface area contributed by atoms with Crippen molar-refractivity contribution in [3.05, 3.63) is 30.0 Å². The largest absolute Gasteiger partial charge is 0.496 e. The van der Waals surface area contributed by atoms with Crippen LogP contribution in [-0.4, -0.2) is 49.8 Å². The van der Waals surface area contributed by atoms with E-state index in [9.17, 15) is 0 Å². The predicted molar refractivity (Wildman–Crippen MR) is 98.8 cm³/mol. The number of rotatable bonds is 7. The zero-order valence-electron chi connectivity index (χ0n) is 15.2. The second kappa shape index (κ2) is 8.04. The molecule has 0 aliphatic carbocycles. The Labute approximate surface area is 145 Å². The first-order valence-corrected chi connectivity index (χ1v) is 9.09. The Balaban J connectivity index is 1.54. The average Bonchev–Trinajstić information content (AvgIpc) is 3.04. The Morgan fingerprint density at radius 1 is 1.25 bits per heavy atom. The number of nitrogens with one attached hydrogen (secondary N) is 1. The van der Waals surface area contributed by atoms with Gasteiger partial charge >= 0.3 is 0 Å². The van der Waals surface area contributed by atoms with Crippen LogP contribution in [0.3, 0.4) is 0 Å². The maximum absolute atomic E-state index is 5.53. The summed E-state index contributed by atoms with van der Waals surface area (Å²) in [6, 6.07) is 6.19. The van der Waals surface area contributed by atoms with E-state index in [4.69, 9.17) is 9.47 Å². The molecule has 2 aromatic rings. The van der Waals surface area contributed by atoms with Crippen molar-refractivity contribution in [2.75, 3.05) is 33.9 Å². The summed E-state index contributed by atoms with van der Waals surface area (Å²) in [6.45, 7) is 5.72. The number of hydrogen-bond donors (Lipinski definition) is 1. The lowest BCUT2D eigenvalue weighted by Crippen LogP contribution is -2.36. The molecule has 0 spiro atoms. The third-order valence-electron chi connectivity index (χ3n) is 5.44. The number of fused-ring (bicyclic) bond motifs is 1. The van der Waals surface area contributed by atoms with Crippen LogP contribution in [0.5, 0.6) is 5.75 Å². The fourth-order valence-corrected chi connectivity index (χ4v) is 3.88. The summed E-state index contributed by atoms with van der Waals surface area (Å²) in [6.07, 6.45) is 7.39. The van der Waals surface area contributed by atoms with Crippen LogP contribution in [0.1, 0.15) is 31.7 Å². The number of benzene rings is 1. The van der Waals surface area contributed by atoms with E-state index in [1.165, 1.54) is 43.3 Å². The molecule has 0 amide bonds. The van der Waals surface area contributed by atoms with Gasteiger partial charge in [-0.2, -0.15) is 0 Å². The normalized spacial score (nSPS) is 18.1. The molecule has 1 unspecified atom stereocenters. The second-order valence-corrected chi connectivity index (χ2v) is 7.01. The van der Waals surface area contributed by atoms with Gasteiger partial charge in [0.15, 0.2) is 0 Å². The zero-order chi connectivity index (χ0) is 16.9. The quantitative estimate of drug-likeness (QED) is 0.838. The van der Waals surface area contributed by atoms with Crippen molar-refractivity contribution in [3.63, 3.8) is 0 Å². The average molecular weight is 330 g/mol. The van der Waals surface area contributed by atoms with Gasteiger partial charge in [-0.05, 0) is 69.3 Å². The van der Waals surface area contributed by atoms with Crippen molar-refractivity contribution in [3.8, 4) is 5.75 Å². The lowest BCUT2D eigenvalue weighted by molar-refractivity contribution is 0.0770. The Morgan fingerprint density at radius 2 is 2.04 bits per heavy atom. The summed E-state index contributed by atoms with van der Waals surface area (Å²) in [5, 5.41) is 1.24.